The molecule has 0 radical (unpaired) electrons. The van der Waals surface area contributed by atoms with Crippen LogP contribution in [-0.4, -0.2) is 132 Å². The van der Waals surface area contributed by atoms with Gasteiger partial charge in [-0.15, -0.1) is 0 Å². The van der Waals surface area contributed by atoms with Gasteiger partial charge in [0.1, 0.15) is 73.6 Å². The van der Waals surface area contributed by atoms with E-state index in [0.29, 0.717) is 6.42 Å². The number of nitrogens with zero attached hydrogens (tertiary/aromatic N) is 12. The molecule has 11 aromatic carbocycles. The Balaban J connectivity index is 0.000000167. The number of allylic oxidation sites excluding steroid dienone is 12. The first kappa shape index (κ1) is 102. The van der Waals surface area contributed by atoms with E-state index in [1.807, 2.05) is 6.92 Å². The Labute approximate surface area is 809 Å². The number of aliphatic hydroxyl groups excluding tert-OH is 1. The van der Waals surface area contributed by atoms with Crippen molar-refractivity contribution in [2.45, 2.75) is 102 Å². The van der Waals surface area contributed by atoms with Gasteiger partial charge in [-0.25, -0.2) is 62.1 Å². The Hall–Kier alpha value is -16.3. The van der Waals surface area contributed by atoms with Gasteiger partial charge < -0.3 is 47.7 Å². The Morgan fingerprint density at radius 2 is 0.827 bits per heavy atom. The molecule has 0 amide bonds. The van der Waals surface area contributed by atoms with Gasteiger partial charge in [-0.3, -0.25) is 4.18 Å². The summed E-state index contributed by atoms with van der Waals surface area (Å²) in [5.41, 5.74) is 15.2. The number of rotatable bonds is 23. The van der Waals surface area contributed by atoms with Crippen LogP contribution in [0.2, 0.25) is 0 Å². The zero-order chi connectivity index (χ0) is 101. The van der Waals surface area contributed by atoms with Crippen molar-refractivity contribution in [3.05, 3.63) is 360 Å². The van der Waals surface area contributed by atoms with Gasteiger partial charge in [0.25, 0.3) is 22.8 Å². The number of carbonyl (C=O) groups excluding carboxylic acids is 1. The van der Waals surface area contributed by atoms with E-state index >= 15 is 0 Å². The van der Waals surface area contributed by atoms with Crippen LogP contribution in [-0.2, 0) is 51.1 Å². The third-order valence-corrected chi connectivity index (χ3v) is 26.1. The largest absolute Gasteiger partial charge is 0.744 e. The number of nitriles is 4. The third-order valence-electron chi connectivity index (χ3n) is 24.7. The van der Waals surface area contributed by atoms with Crippen molar-refractivity contribution in [3.8, 4) is 47.3 Å². The van der Waals surface area contributed by atoms with Gasteiger partial charge in [0, 0.05) is 104 Å². The lowest BCUT2D eigenvalue weighted by atomic mass is 9.79. The van der Waals surface area contributed by atoms with Gasteiger partial charge in [-0.1, -0.05) is 192 Å². The van der Waals surface area contributed by atoms with Crippen LogP contribution < -0.4 is 49.6 Å². The van der Waals surface area contributed by atoms with Gasteiger partial charge in [-0.2, -0.15) is 9.15 Å². The monoisotopic (exact) mass is 1890 g/mol. The molecule has 0 spiro atoms. The number of anilines is 2. The van der Waals surface area contributed by atoms with Crippen LogP contribution in [0, 0.1) is 71.6 Å². The molecule has 4 aliphatic rings. The molecule has 4 heterocycles. The topological polar surface area (TPSA) is 332 Å². The Morgan fingerprint density at radius 1 is 0.460 bits per heavy atom. The van der Waals surface area contributed by atoms with Crippen LogP contribution in [0.3, 0.4) is 0 Å². The number of hydrogen-bond donors (Lipinski definition) is 1. The number of carbonyl (C=O) groups is 1. The zero-order valence-corrected chi connectivity index (χ0v) is 80.9. The summed E-state index contributed by atoms with van der Waals surface area (Å²) < 4.78 is 101. The maximum Gasteiger partial charge on any atom is 0.339 e. The molecule has 700 valence electrons. The molecule has 0 saturated carbocycles. The second kappa shape index (κ2) is 43.1. The smallest absolute Gasteiger partial charge is 0.339 e. The van der Waals surface area contributed by atoms with Gasteiger partial charge in [0.2, 0.25) is 21.8 Å². The van der Waals surface area contributed by atoms with E-state index in [9.17, 15) is 51.8 Å². The average molecular weight is 1890 g/mol. The summed E-state index contributed by atoms with van der Waals surface area (Å²) in [5, 5.41) is 56.6. The number of benzene rings is 11. The van der Waals surface area contributed by atoms with Crippen molar-refractivity contribution in [1.82, 2.24) is 0 Å². The van der Waals surface area contributed by atoms with Crippen LogP contribution in [0.4, 0.5) is 22.7 Å². The molecule has 0 aromatic heterocycles. The number of fused-ring (bicyclic) bond motifs is 12. The fraction of sp³-hybridized carbons (Fsp3) is 0.234. The fourth-order valence-electron chi connectivity index (χ4n) is 18.4. The molecule has 11 aromatic rings. The molecule has 139 heavy (non-hydrogen) atoms. The first-order chi connectivity index (χ1) is 66.4. The third kappa shape index (κ3) is 21.3. The second-order valence-corrected chi connectivity index (χ2v) is 37.1. The van der Waals surface area contributed by atoms with Gasteiger partial charge in [0.05, 0.1) is 91.7 Å². The summed E-state index contributed by atoms with van der Waals surface area (Å²) in [6.07, 6.45) is 20.9. The summed E-state index contributed by atoms with van der Waals surface area (Å²) in [6.45, 7) is 49.4. The molecule has 15 rings (SSSR count). The van der Waals surface area contributed by atoms with E-state index in [4.69, 9.17) is 55.1 Å². The summed E-state index contributed by atoms with van der Waals surface area (Å²) in [7, 11) is -1.07. The molecule has 0 atom stereocenters. The van der Waals surface area contributed by atoms with Crippen LogP contribution >= 0.6 is 0 Å². The molecule has 0 aliphatic carbocycles. The van der Waals surface area contributed by atoms with E-state index in [2.05, 4.69) is 333 Å². The van der Waals surface area contributed by atoms with Gasteiger partial charge in [0.15, 0.2) is 11.4 Å². The summed E-state index contributed by atoms with van der Waals surface area (Å²) >= 11 is 0. The average Bonchev–Trinajstić information content (AvgIpc) is 1.59. The molecular weight excluding hydrogens is 1790 g/mol. The van der Waals surface area contributed by atoms with Crippen molar-refractivity contribution >= 4 is 127 Å². The predicted octanol–water partition coefficient (Wildman–Crippen LogP) is 18.0. The Bertz CT molecular complexity index is 7960. The predicted molar refractivity (Wildman–Crippen MR) is 537 cm³/mol. The normalized spacial score (nSPS) is 16.0. The lowest BCUT2D eigenvalue weighted by molar-refractivity contribution is -0.401. The zero-order valence-electron chi connectivity index (χ0n) is 79.3. The van der Waals surface area contributed by atoms with Crippen molar-refractivity contribution < 1.29 is 72.9 Å². The van der Waals surface area contributed by atoms with Crippen LogP contribution in [0.15, 0.2) is 271 Å². The lowest BCUT2D eigenvalue weighted by Crippen LogP contribution is -2.26. The Morgan fingerprint density at radius 3 is 1.22 bits per heavy atom. The molecule has 1 N–H and O–H groups in total. The van der Waals surface area contributed by atoms with E-state index in [-0.39, 0.29) is 109 Å². The lowest BCUT2D eigenvalue weighted by Gasteiger charge is -2.24. The molecule has 26 nitrogen and oxygen atoms in total. The highest BCUT2D eigenvalue weighted by atomic mass is 32.3. The highest BCUT2D eigenvalue weighted by Crippen LogP contribution is 2.53. The van der Waals surface area contributed by atoms with E-state index in [1.165, 1.54) is 153 Å². The number of hydrogen-bond acceptors (Lipinski definition) is 20. The molecule has 0 bridgehead atoms. The Kier molecular flexibility index (Phi) is 31.5. The second-order valence-electron chi connectivity index (χ2n) is 34.7. The van der Waals surface area contributed by atoms with Crippen molar-refractivity contribution in [2.75, 3.05) is 84.2 Å². The summed E-state index contributed by atoms with van der Waals surface area (Å²) in [5.74, 6) is -1.21. The van der Waals surface area contributed by atoms with Crippen LogP contribution in [0.1, 0.15) is 108 Å². The summed E-state index contributed by atoms with van der Waals surface area (Å²) in [4.78, 5) is 28.7. The van der Waals surface area contributed by atoms with Crippen molar-refractivity contribution in [3.63, 3.8) is 0 Å². The molecule has 0 saturated heterocycles. The van der Waals surface area contributed by atoms with E-state index in [0.717, 1.165) is 12.1 Å². The fourth-order valence-corrected chi connectivity index (χ4v) is 19.3. The number of likely N-dealkylation sites (N-methyl/N-ethyl adjacent to an activating group) is 2. The SMILES string of the molecule is CC(/C=C/C1=[N+](C)c2ccc3ccccc3c2C1(C)C)=C\C=C1/N(C)c2ccc3ccccc3c2C1(C)C.CN1\C(=C/C=C/C=C/C2=[N+](C)c3ccc4ccccc4c3C2(C)C)C(C)(C)c2c1ccc1ccccc21.[C-]#[N+]/C(C#N)=c1/cc(OCCOC(=O)c2ccccc2S(=O)(=O)[O-])/c(=C(\C#N)[N+]#[C-])cc1OCCO.[C-]#[N+]/C(C#N)=c1/cc(OCCOS(=O)(=O)[O-])/c(=C(\C#N)[N+]#[C-])cc1OCCC. The van der Waals surface area contributed by atoms with Gasteiger partial charge >= 0.3 is 5.97 Å². The van der Waals surface area contributed by atoms with Gasteiger partial charge in [-0.05, 0) is 168 Å². The van der Waals surface area contributed by atoms with E-state index < -0.39 is 62.5 Å². The number of esters is 1. The molecule has 0 unspecified atom stereocenters. The standard InChI is InChI=1S/C36H37N2.C35H35N2.C23H16N4O8S.C17H14N4O6S/c1-24(16-22-31-35(2,3)33-27-14-10-8-12-25(27)18-20-29(33)37(31)6)17-23-32-36(4,5)34-28-15-11-9-13-26(28)19-21-30(34)38(32)7;1-34(2)30(36(5)28-22-20-24-14-10-12-16-26(24)32(28)34)18-8-7-9-19-31-35(3,4)33-27-17-13-11-15-25(27)21-23-29(33)37(31)6;1-26-18(13-24)16-12-21(17(19(14-25)27-2)11-20(16)33-8-7-28)34-9-10-35-23(29)15-5-3-4-6-22(15)36(30,31)32;1-4-5-25-16-8-13(15(11-19)21-3)17(9-12(16)14(10-18)20-2)26-6-7-27-28(22,23)24/h8-23H,1-7H3;7-23H,1-6H3;3-6,11-12,28H,7-10H2,(H,30,31,32);8-9H,4-7H2,1H3,(H,22,23,24)/q2*+1;;/p-2/b;;18-16-,19-17+;14-12-,15-13+. The minimum Gasteiger partial charge on any atom is -0.744 e. The maximum atomic E-state index is 12.3. The first-order valence-corrected chi connectivity index (χ1v) is 46.9. The number of ether oxygens (including phenoxy) is 5. The highest BCUT2D eigenvalue weighted by Gasteiger charge is 2.47. The van der Waals surface area contributed by atoms with Crippen molar-refractivity contribution in [2.24, 2.45) is 0 Å². The molecular formula is C111H100N12O14S2. The molecule has 4 aliphatic heterocycles. The quantitative estimate of drug-likeness (QED) is 0.0118. The molecule has 28 heteroatoms. The van der Waals surface area contributed by atoms with Crippen LogP contribution in [0.25, 0.3) is 85.3 Å². The molecule has 0 fully saturated rings. The maximum absolute atomic E-state index is 12.3. The van der Waals surface area contributed by atoms with E-state index in [1.54, 1.807) is 24.3 Å². The summed E-state index contributed by atoms with van der Waals surface area (Å²) in [6, 6.07) is 69.4. The minimum atomic E-state index is -4.93. The first-order valence-electron chi connectivity index (χ1n) is 44.2. The van der Waals surface area contributed by atoms with Crippen LogP contribution in [0.5, 0.6) is 23.0 Å². The minimum absolute atomic E-state index is 0.0199. The number of aliphatic hydroxyl groups is 1. The highest BCUT2D eigenvalue weighted by molar-refractivity contribution is 7.85. The van der Waals surface area contributed by atoms with Crippen molar-refractivity contribution in [1.29, 1.82) is 21.0 Å².